The molecular weight excluding hydrogens is 280 g/mol. The van der Waals surface area contributed by atoms with Crippen LogP contribution in [0.15, 0.2) is 58.5 Å². The third kappa shape index (κ3) is 2.77. The van der Waals surface area contributed by atoms with Gasteiger partial charge in [-0.15, -0.1) is 0 Å². The van der Waals surface area contributed by atoms with Gasteiger partial charge in [-0.25, -0.2) is 0 Å². The second kappa shape index (κ2) is 6.24. The van der Waals surface area contributed by atoms with Crippen molar-refractivity contribution in [1.82, 2.24) is 10.3 Å². The summed E-state index contributed by atoms with van der Waals surface area (Å²) in [5.41, 5.74) is 2.40. The van der Waals surface area contributed by atoms with Crippen molar-refractivity contribution in [1.29, 1.82) is 0 Å². The normalized spacial score (nSPS) is 11.0. The van der Waals surface area contributed by atoms with Crippen LogP contribution in [0.5, 0.6) is 5.75 Å². The Kier molecular flexibility index (Phi) is 4.18. The largest absolute Gasteiger partial charge is 0.496 e. The highest BCUT2D eigenvalue weighted by Crippen LogP contribution is 2.39. The van der Waals surface area contributed by atoms with E-state index in [1.807, 2.05) is 25.4 Å². The molecule has 2 N–H and O–H groups in total. The quantitative estimate of drug-likeness (QED) is 0.746. The van der Waals surface area contributed by atoms with Gasteiger partial charge in [0.2, 0.25) is 0 Å². The molecule has 0 bridgehead atoms. The van der Waals surface area contributed by atoms with E-state index in [9.17, 15) is 0 Å². The standard InChI is InChI=1S/C17H18N2OS/c1-18-10-12-6-3-4-9-15(12)21-16-11-19-13-7-5-8-14(20-2)17(13)16/h3-9,11,18-19H,10H2,1-2H3. The predicted octanol–water partition coefficient (Wildman–Crippen LogP) is 4.05. The Morgan fingerprint density at radius 3 is 2.76 bits per heavy atom. The minimum Gasteiger partial charge on any atom is -0.496 e. The van der Waals surface area contributed by atoms with Crippen molar-refractivity contribution in [3.63, 3.8) is 0 Å². The number of hydrogen-bond acceptors (Lipinski definition) is 3. The molecule has 21 heavy (non-hydrogen) atoms. The van der Waals surface area contributed by atoms with E-state index in [2.05, 4.69) is 40.6 Å². The topological polar surface area (TPSA) is 37.0 Å². The van der Waals surface area contributed by atoms with E-state index in [0.717, 1.165) is 23.2 Å². The molecule has 1 heterocycles. The van der Waals surface area contributed by atoms with Gasteiger partial charge in [0.05, 0.1) is 18.0 Å². The highest BCUT2D eigenvalue weighted by Gasteiger charge is 2.11. The molecule has 1 aromatic heterocycles. The molecule has 0 spiro atoms. The zero-order valence-electron chi connectivity index (χ0n) is 12.1. The van der Waals surface area contributed by atoms with Crippen molar-refractivity contribution in [2.45, 2.75) is 16.3 Å². The molecule has 0 saturated carbocycles. The van der Waals surface area contributed by atoms with Gasteiger partial charge < -0.3 is 15.0 Å². The van der Waals surface area contributed by atoms with Crippen LogP contribution in [-0.4, -0.2) is 19.1 Å². The third-order valence-corrected chi connectivity index (χ3v) is 4.57. The highest BCUT2D eigenvalue weighted by molar-refractivity contribution is 7.99. The van der Waals surface area contributed by atoms with Crippen LogP contribution in [0.25, 0.3) is 10.9 Å². The second-order valence-electron chi connectivity index (χ2n) is 4.78. The molecule has 0 amide bonds. The number of aromatic amines is 1. The van der Waals surface area contributed by atoms with Crippen molar-refractivity contribution < 1.29 is 4.74 Å². The van der Waals surface area contributed by atoms with Crippen molar-refractivity contribution in [2.24, 2.45) is 0 Å². The molecule has 0 saturated heterocycles. The van der Waals surface area contributed by atoms with Gasteiger partial charge in [0.1, 0.15) is 5.75 Å². The first-order valence-electron chi connectivity index (χ1n) is 6.88. The number of aromatic nitrogens is 1. The van der Waals surface area contributed by atoms with Gasteiger partial charge in [-0.1, -0.05) is 36.0 Å². The molecule has 4 heteroatoms. The van der Waals surface area contributed by atoms with E-state index >= 15 is 0 Å². The summed E-state index contributed by atoms with van der Waals surface area (Å²) in [6.07, 6.45) is 2.05. The molecule has 0 atom stereocenters. The Bertz CT molecular complexity index is 751. The maximum Gasteiger partial charge on any atom is 0.129 e. The number of rotatable bonds is 5. The Hall–Kier alpha value is -1.91. The SMILES string of the molecule is CNCc1ccccc1Sc1c[nH]c2cccc(OC)c12. The van der Waals surface area contributed by atoms with Crippen LogP contribution in [-0.2, 0) is 6.54 Å². The average molecular weight is 298 g/mol. The monoisotopic (exact) mass is 298 g/mol. The van der Waals surface area contributed by atoms with E-state index in [1.54, 1.807) is 18.9 Å². The summed E-state index contributed by atoms with van der Waals surface area (Å²) < 4.78 is 5.50. The maximum atomic E-state index is 5.50. The molecule has 3 rings (SSSR count). The maximum absolute atomic E-state index is 5.50. The number of hydrogen-bond donors (Lipinski definition) is 2. The van der Waals surface area contributed by atoms with Crippen molar-refractivity contribution in [2.75, 3.05) is 14.2 Å². The van der Waals surface area contributed by atoms with Gasteiger partial charge >= 0.3 is 0 Å². The van der Waals surface area contributed by atoms with E-state index in [0.29, 0.717) is 0 Å². The van der Waals surface area contributed by atoms with Crippen LogP contribution in [0, 0.1) is 0 Å². The van der Waals surface area contributed by atoms with Gasteiger partial charge in [0, 0.05) is 22.5 Å². The van der Waals surface area contributed by atoms with Crippen molar-refractivity contribution in [3.05, 3.63) is 54.2 Å². The Morgan fingerprint density at radius 1 is 1.10 bits per heavy atom. The van der Waals surface area contributed by atoms with E-state index < -0.39 is 0 Å². The van der Waals surface area contributed by atoms with Gasteiger partial charge in [-0.05, 0) is 30.8 Å². The molecule has 3 aromatic rings. The minimum absolute atomic E-state index is 0.864. The second-order valence-corrected chi connectivity index (χ2v) is 5.86. The van der Waals surface area contributed by atoms with Crippen LogP contribution in [0.3, 0.4) is 0 Å². The lowest BCUT2D eigenvalue weighted by Gasteiger charge is -2.09. The smallest absolute Gasteiger partial charge is 0.129 e. The average Bonchev–Trinajstić information content (AvgIpc) is 2.93. The number of nitrogens with one attached hydrogen (secondary N) is 2. The van der Waals surface area contributed by atoms with Crippen LogP contribution < -0.4 is 10.1 Å². The first-order valence-corrected chi connectivity index (χ1v) is 7.69. The molecule has 0 aliphatic rings. The molecule has 3 nitrogen and oxygen atoms in total. The van der Waals surface area contributed by atoms with Crippen LogP contribution in [0.1, 0.15) is 5.56 Å². The Labute approximate surface area is 128 Å². The van der Waals surface area contributed by atoms with Crippen LogP contribution >= 0.6 is 11.8 Å². The molecule has 108 valence electrons. The van der Waals surface area contributed by atoms with Gasteiger partial charge in [-0.3, -0.25) is 0 Å². The Morgan fingerprint density at radius 2 is 1.95 bits per heavy atom. The fourth-order valence-corrected chi connectivity index (χ4v) is 3.52. The molecule has 0 radical (unpaired) electrons. The number of benzene rings is 2. The van der Waals surface area contributed by atoms with Crippen LogP contribution in [0.4, 0.5) is 0 Å². The first kappa shape index (κ1) is 14.0. The summed E-state index contributed by atoms with van der Waals surface area (Å²) in [5.74, 6) is 0.905. The van der Waals surface area contributed by atoms with Gasteiger partial charge in [-0.2, -0.15) is 0 Å². The van der Waals surface area contributed by atoms with E-state index in [4.69, 9.17) is 4.74 Å². The minimum atomic E-state index is 0.864. The Balaban J connectivity index is 2.03. The lowest BCUT2D eigenvalue weighted by molar-refractivity contribution is 0.419. The van der Waals surface area contributed by atoms with Gasteiger partial charge in [0.25, 0.3) is 0 Å². The number of fused-ring (bicyclic) bond motifs is 1. The zero-order chi connectivity index (χ0) is 14.7. The summed E-state index contributed by atoms with van der Waals surface area (Å²) in [4.78, 5) is 5.77. The summed E-state index contributed by atoms with van der Waals surface area (Å²) >= 11 is 1.77. The molecule has 0 unspecified atom stereocenters. The van der Waals surface area contributed by atoms with E-state index in [1.165, 1.54) is 15.4 Å². The molecule has 0 fully saturated rings. The fraction of sp³-hybridized carbons (Fsp3) is 0.176. The third-order valence-electron chi connectivity index (χ3n) is 3.41. The fourth-order valence-electron chi connectivity index (χ4n) is 2.43. The lowest BCUT2D eigenvalue weighted by Crippen LogP contribution is -2.05. The molecule has 2 aromatic carbocycles. The van der Waals surface area contributed by atoms with E-state index in [-0.39, 0.29) is 0 Å². The van der Waals surface area contributed by atoms with Gasteiger partial charge in [0.15, 0.2) is 0 Å². The number of methoxy groups -OCH3 is 1. The highest BCUT2D eigenvalue weighted by atomic mass is 32.2. The predicted molar refractivity (Wildman–Crippen MR) is 88.2 cm³/mol. The van der Waals surface area contributed by atoms with Crippen molar-refractivity contribution >= 4 is 22.7 Å². The lowest BCUT2D eigenvalue weighted by atomic mass is 10.2. The first-order chi connectivity index (χ1) is 10.3. The van der Waals surface area contributed by atoms with Crippen LogP contribution in [0.2, 0.25) is 0 Å². The summed E-state index contributed by atoms with van der Waals surface area (Å²) in [5, 5.41) is 4.36. The summed E-state index contributed by atoms with van der Waals surface area (Å²) in [6, 6.07) is 14.5. The number of ether oxygens (including phenoxy) is 1. The zero-order valence-corrected chi connectivity index (χ0v) is 13.0. The molecular formula is C17H18N2OS. The summed E-state index contributed by atoms with van der Waals surface area (Å²) in [6.45, 7) is 0.864. The molecule has 0 aliphatic carbocycles. The number of H-pyrrole nitrogens is 1. The summed E-state index contributed by atoms with van der Waals surface area (Å²) in [7, 11) is 3.68. The van der Waals surface area contributed by atoms with Crippen molar-refractivity contribution in [3.8, 4) is 5.75 Å². The molecule has 0 aliphatic heterocycles.